The van der Waals surface area contributed by atoms with Gasteiger partial charge in [-0.25, -0.2) is 13.6 Å². The van der Waals surface area contributed by atoms with Gasteiger partial charge in [0.15, 0.2) is 0 Å². The van der Waals surface area contributed by atoms with E-state index in [2.05, 4.69) is 5.32 Å². The summed E-state index contributed by atoms with van der Waals surface area (Å²) in [6, 6.07) is 22.2. The van der Waals surface area contributed by atoms with Gasteiger partial charge in [0, 0.05) is 38.9 Å². The molecule has 1 fully saturated rings. The molecule has 188 valence electrons. The number of halogens is 2. The van der Waals surface area contributed by atoms with Crippen LogP contribution in [0.4, 0.5) is 13.6 Å². The van der Waals surface area contributed by atoms with Gasteiger partial charge in [0.25, 0.3) is 0 Å². The van der Waals surface area contributed by atoms with Crippen LogP contribution < -0.4 is 5.32 Å². The van der Waals surface area contributed by atoms with Crippen LogP contribution in [0.25, 0.3) is 0 Å². The minimum absolute atomic E-state index is 0.0234. The van der Waals surface area contributed by atoms with Crippen molar-refractivity contribution < 1.29 is 23.1 Å². The molecule has 0 atom stereocenters. The lowest BCUT2D eigenvalue weighted by molar-refractivity contribution is -0.135. The van der Waals surface area contributed by atoms with E-state index < -0.39 is 11.7 Å². The SMILES string of the molecule is O=C(NCCc1ccccc1F)OC1(c2ccccc2)CCN(C(=O)CCc2ccc(F)cc2)CC1. The zero-order valence-electron chi connectivity index (χ0n) is 20.1. The number of carbonyl (C=O) groups excluding carboxylic acids is 2. The van der Waals surface area contributed by atoms with E-state index in [1.807, 2.05) is 30.3 Å². The molecule has 0 aromatic heterocycles. The molecule has 7 heteroatoms. The summed E-state index contributed by atoms with van der Waals surface area (Å²) in [5.74, 6) is -0.574. The zero-order chi connectivity index (χ0) is 25.4. The van der Waals surface area contributed by atoms with Gasteiger partial charge in [0.2, 0.25) is 5.91 Å². The molecule has 1 saturated heterocycles. The van der Waals surface area contributed by atoms with Gasteiger partial charge in [-0.3, -0.25) is 4.79 Å². The standard InChI is InChI=1S/C29H30F2N2O3/c30-25-13-10-22(11-14-25)12-15-27(34)33-20-17-29(18-21-33,24-7-2-1-3-8-24)36-28(35)32-19-16-23-6-4-5-9-26(23)31/h1-11,13-14H,12,15-21H2,(H,32,35). The maximum absolute atomic E-state index is 13.8. The van der Waals surface area contributed by atoms with Crippen LogP contribution >= 0.6 is 0 Å². The molecule has 0 radical (unpaired) electrons. The van der Waals surface area contributed by atoms with Crippen LogP contribution in [-0.2, 0) is 28.0 Å². The smallest absolute Gasteiger partial charge is 0.408 e. The molecule has 3 aromatic rings. The molecule has 0 spiro atoms. The van der Waals surface area contributed by atoms with Crippen molar-refractivity contribution in [3.8, 4) is 0 Å². The molecule has 1 N–H and O–H groups in total. The number of piperidine rings is 1. The number of rotatable bonds is 8. The topological polar surface area (TPSA) is 58.6 Å². The van der Waals surface area contributed by atoms with E-state index in [1.54, 1.807) is 35.2 Å². The molecule has 1 aliphatic heterocycles. The Kier molecular flexibility index (Phi) is 8.31. The van der Waals surface area contributed by atoms with Gasteiger partial charge >= 0.3 is 6.09 Å². The van der Waals surface area contributed by atoms with Crippen molar-refractivity contribution in [2.45, 2.75) is 37.7 Å². The van der Waals surface area contributed by atoms with Crippen molar-refractivity contribution in [1.82, 2.24) is 10.2 Å². The second-order valence-electron chi connectivity index (χ2n) is 9.03. The Morgan fingerprint density at radius 3 is 2.22 bits per heavy atom. The molecule has 4 rings (SSSR count). The maximum Gasteiger partial charge on any atom is 0.408 e. The number of aryl methyl sites for hydroxylation is 1. The number of nitrogens with zero attached hydrogens (tertiary/aromatic N) is 1. The second kappa shape index (κ2) is 11.8. The minimum atomic E-state index is -0.850. The van der Waals surface area contributed by atoms with E-state index in [0.717, 1.165) is 11.1 Å². The summed E-state index contributed by atoms with van der Waals surface area (Å²) < 4.78 is 32.9. The number of ether oxygens (including phenoxy) is 1. The largest absolute Gasteiger partial charge is 0.438 e. The maximum atomic E-state index is 13.8. The number of benzene rings is 3. The third-order valence-electron chi connectivity index (χ3n) is 6.67. The monoisotopic (exact) mass is 492 g/mol. The predicted molar refractivity (Wildman–Crippen MR) is 133 cm³/mol. The average molecular weight is 493 g/mol. The van der Waals surface area contributed by atoms with Crippen molar-refractivity contribution in [3.63, 3.8) is 0 Å². The molecule has 0 unspecified atom stereocenters. The van der Waals surface area contributed by atoms with Crippen LogP contribution in [0.1, 0.15) is 36.0 Å². The first-order valence-electron chi connectivity index (χ1n) is 12.2. The van der Waals surface area contributed by atoms with Crippen molar-refractivity contribution in [2.24, 2.45) is 0 Å². The first-order valence-corrected chi connectivity index (χ1v) is 12.2. The molecule has 1 aliphatic rings. The highest BCUT2D eigenvalue weighted by atomic mass is 19.1. The second-order valence-corrected chi connectivity index (χ2v) is 9.03. The first-order chi connectivity index (χ1) is 17.4. The fourth-order valence-electron chi connectivity index (χ4n) is 4.58. The van der Waals surface area contributed by atoms with Crippen LogP contribution in [0.15, 0.2) is 78.9 Å². The third-order valence-corrected chi connectivity index (χ3v) is 6.67. The van der Waals surface area contributed by atoms with E-state index in [4.69, 9.17) is 4.74 Å². The van der Waals surface area contributed by atoms with Gasteiger partial charge in [-0.15, -0.1) is 0 Å². The Morgan fingerprint density at radius 2 is 1.53 bits per heavy atom. The Labute approximate surface area is 210 Å². The van der Waals surface area contributed by atoms with Crippen molar-refractivity contribution in [2.75, 3.05) is 19.6 Å². The summed E-state index contributed by atoms with van der Waals surface area (Å²) in [4.78, 5) is 27.3. The molecule has 3 aromatic carbocycles. The van der Waals surface area contributed by atoms with Crippen LogP contribution in [0, 0.1) is 11.6 Å². The molecule has 0 aliphatic carbocycles. The van der Waals surface area contributed by atoms with Crippen molar-refractivity contribution >= 4 is 12.0 Å². The molecule has 0 bridgehead atoms. The van der Waals surface area contributed by atoms with Gasteiger partial charge in [-0.1, -0.05) is 60.7 Å². The van der Waals surface area contributed by atoms with Crippen molar-refractivity contribution in [1.29, 1.82) is 0 Å². The quantitative estimate of drug-likeness (QED) is 0.459. The van der Waals surface area contributed by atoms with E-state index in [0.29, 0.717) is 50.8 Å². The lowest BCUT2D eigenvalue weighted by Gasteiger charge is -2.41. The van der Waals surface area contributed by atoms with Gasteiger partial charge in [-0.2, -0.15) is 0 Å². The van der Waals surface area contributed by atoms with Gasteiger partial charge in [0.05, 0.1) is 0 Å². The number of amides is 2. The Hall–Kier alpha value is -3.74. The molecular formula is C29H30F2N2O3. The van der Waals surface area contributed by atoms with E-state index in [1.165, 1.54) is 18.2 Å². The summed E-state index contributed by atoms with van der Waals surface area (Å²) in [5, 5.41) is 2.74. The van der Waals surface area contributed by atoms with Gasteiger partial charge < -0.3 is 15.0 Å². The highest BCUT2D eigenvalue weighted by molar-refractivity contribution is 5.76. The lowest BCUT2D eigenvalue weighted by Crippen LogP contribution is -2.48. The average Bonchev–Trinajstić information content (AvgIpc) is 2.90. The molecule has 0 saturated carbocycles. The highest BCUT2D eigenvalue weighted by Gasteiger charge is 2.40. The Morgan fingerprint density at radius 1 is 0.861 bits per heavy atom. The lowest BCUT2D eigenvalue weighted by atomic mass is 9.84. The molecule has 1 heterocycles. The van der Waals surface area contributed by atoms with Crippen LogP contribution in [0.2, 0.25) is 0 Å². The first kappa shape index (κ1) is 25.4. The van der Waals surface area contributed by atoms with Crippen molar-refractivity contribution in [3.05, 3.63) is 107 Å². The summed E-state index contributed by atoms with van der Waals surface area (Å²) in [5.41, 5.74) is 1.48. The van der Waals surface area contributed by atoms with Crippen LogP contribution in [0.3, 0.4) is 0 Å². The molecule has 36 heavy (non-hydrogen) atoms. The summed E-state index contributed by atoms with van der Waals surface area (Å²) in [6.07, 6.45) is 1.62. The Bertz CT molecular complexity index is 1160. The van der Waals surface area contributed by atoms with Gasteiger partial charge in [-0.05, 0) is 47.7 Å². The summed E-state index contributed by atoms with van der Waals surface area (Å²) >= 11 is 0. The predicted octanol–water partition coefficient (Wildman–Crippen LogP) is 5.38. The van der Waals surface area contributed by atoms with Crippen LogP contribution in [-0.4, -0.2) is 36.5 Å². The van der Waals surface area contributed by atoms with Crippen LogP contribution in [0.5, 0.6) is 0 Å². The van der Waals surface area contributed by atoms with Gasteiger partial charge in [0.1, 0.15) is 17.2 Å². The number of carbonyl (C=O) groups is 2. The molecule has 2 amide bonds. The number of hydrogen-bond donors (Lipinski definition) is 1. The molecule has 5 nitrogen and oxygen atoms in total. The fourth-order valence-corrected chi connectivity index (χ4v) is 4.58. The summed E-state index contributed by atoms with van der Waals surface area (Å²) in [6.45, 7) is 1.16. The fraction of sp³-hybridized carbons (Fsp3) is 0.310. The number of hydrogen-bond acceptors (Lipinski definition) is 3. The highest BCUT2D eigenvalue weighted by Crippen LogP contribution is 2.37. The summed E-state index contributed by atoms with van der Waals surface area (Å²) in [7, 11) is 0. The van der Waals surface area contributed by atoms with E-state index in [9.17, 15) is 18.4 Å². The number of likely N-dealkylation sites (tertiary alicyclic amines) is 1. The van der Waals surface area contributed by atoms with E-state index >= 15 is 0 Å². The third kappa shape index (κ3) is 6.47. The molecular weight excluding hydrogens is 462 g/mol. The normalized spacial score (nSPS) is 14.8. The Balaban J connectivity index is 1.34. The number of nitrogens with one attached hydrogen (secondary N) is 1. The zero-order valence-corrected chi connectivity index (χ0v) is 20.1. The van der Waals surface area contributed by atoms with E-state index in [-0.39, 0.29) is 24.1 Å². The minimum Gasteiger partial charge on any atom is -0.438 e. The number of alkyl carbamates (subject to hydrolysis) is 1.